The van der Waals surface area contributed by atoms with Gasteiger partial charge in [0.2, 0.25) is 0 Å². The van der Waals surface area contributed by atoms with E-state index in [1.54, 1.807) is 7.11 Å². The molecule has 0 atom stereocenters. The number of hydrogen-bond acceptors (Lipinski definition) is 3. The molecule has 158 valence electrons. The second kappa shape index (κ2) is 9.04. The van der Waals surface area contributed by atoms with E-state index in [-0.39, 0.29) is 5.91 Å². The lowest BCUT2D eigenvalue weighted by Gasteiger charge is -2.11. The van der Waals surface area contributed by atoms with Crippen LogP contribution in [0.5, 0.6) is 5.75 Å². The Kier molecular flexibility index (Phi) is 6.03. The number of carbonyl (C=O) groups is 1. The summed E-state index contributed by atoms with van der Waals surface area (Å²) in [5, 5.41) is 3.05. The SMILES string of the molecule is COc1ccc(Cn2c(CCNC(=O)c3ccc(C)cc3C)nc3ccccc32)cc1. The summed E-state index contributed by atoms with van der Waals surface area (Å²) >= 11 is 0. The van der Waals surface area contributed by atoms with Gasteiger partial charge in [-0.1, -0.05) is 42.0 Å². The minimum Gasteiger partial charge on any atom is -0.497 e. The molecule has 31 heavy (non-hydrogen) atoms. The first kappa shape index (κ1) is 20.7. The van der Waals surface area contributed by atoms with Gasteiger partial charge < -0.3 is 14.6 Å². The molecule has 1 aromatic heterocycles. The maximum atomic E-state index is 12.6. The zero-order valence-electron chi connectivity index (χ0n) is 18.2. The fraction of sp³-hybridized carbons (Fsp3) is 0.231. The fourth-order valence-electron chi connectivity index (χ4n) is 3.86. The quantitative estimate of drug-likeness (QED) is 0.479. The van der Waals surface area contributed by atoms with Gasteiger partial charge in [0.15, 0.2) is 0 Å². The van der Waals surface area contributed by atoms with Crippen LogP contribution in [0.4, 0.5) is 0 Å². The van der Waals surface area contributed by atoms with E-state index in [4.69, 9.17) is 9.72 Å². The molecule has 4 aromatic rings. The van der Waals surface area contributed by atoms with Crippen LogP contribution in [0, 0.1) is 13.8 Å². The molecule has 5 heteroatoms. The monoisotopic (exact) mass is 413 g/mol. The van der Waals surface area contributed by atoms with Crippen molar-refractivity contribution in [3.05, 3.63) is 94.8 Å². The fourth-order valence-corrected chi connectivity index (χ4v) is 3.86. The van der Waals surface area contributed by atoms with Gasteiger partial charge in [-0.2, -0.15) is 0 Å². The first-order valence-corrected chi connectivity index (χ1v) is 10.5. The lowest BCUT2D eigenvalue weighted by Crippen LogP contribution is -2.27. The van der Waals surface area contributed by atoms with Crippen LogP contribution in [-0.4, -0.2) is 29.1 Å². The molecular weight excluding hydrogens is 386 g/mol. The number of amides is 1. The molecule has 0 aliphatic rings. The first-order valence-electron chi connectivity index (χ1n) is 10.5. The highest BCUT2D eigenvalue weighted by atomic mass is 16.5. The number of carbonyl (C=O) groups excluding carboxylic acids is 1. The lowest BCUT2D eigenvalue weighted by molar-refractivity contribution is 0.0953. The topological polar surface area (TPSA) is 56.1 Å². The molecular formula is C26H27N3O2. The van der Waals surface area contributed by atoms with Crippen molar-refractivity contribution in [2.75, 3.05) is 13.7 Å². The normalized spacial score (nSPS) is 10.9. The zero-order valence-corrected chi connectivity index (χ0v) is 18.2. The van der Waals surface area contributed by atoms with E-state index in [9.17, 15) is 4.79 Å². The van der Waals surface area contributed by atoms with Gasteiger partial charge in [0.25, 0.3) is 5.91 Å². The van der Waals surface area contributed by atoms with E-state index in [2.05, 4.69) is 28.1 Å². The first-order chi connectivity index (χ1) is 15.0. The van der Waals surface area contributed by atoms with Crippen molar-refractivity contribution in [2.45, 2.75) is 26.8 Å². The van der Waals surface area contributed by atoms with Gasteiger partial charge in [0.05, 0.1) is 18.1 Å². The molecule has 5 nitrogen and oxygen atoms in total. The highest BCUT2D eigenvalue weighted by Crippen LogP contribution is 2.20. The molecule has 1 amide bonds. The average Bonchev–Trinajstić information content (AvgIpc) is 3.11. The second-order valence-corrected chi connectivity index (χ2v) is 7.78. The number of aromatic nitrogens is 2. The third-order valence-electron chi connectivity index (χ3n) is 5.49. The lowest BCUT2D eigenvalue weighted by atomic mass is 10.1. The third-order valence-corrected chi connectivity index (χ3v) is 5.49. The number of fused-ring (bicyclic) bond motifs is 1. The number of ether oxygens (including phenoxy) is 1. The van der Waals surface area contributed by atoms with E-state index in [0.29, 0.717) is 19.5 Å². The van der Waals surface area contributed by atoms with E-state index in [1.807, 2.05) is 62.4 Å². The van der Waals surface area contributed by atoms with Gasteiger partial charge >= 0.3 is 0 Å². The van der Waals surface area contributed by atoms with Gasteiger partial charge in [-0.15, -0.1) is 0 Å². The highest BCUT2D eigenvalue weighted by molar-refractivity contribution is 5.95. The predicted octanol–water partition coefficient (Wildman–Crippen LogP) is 4.68. The summed E-state index contributed by atoms with van der Waals surface area (Å²) in [5.41, 5.74) is 6.09. The van der Waals surface area contributed by atoms with E-state index in [1.165, 1.54) is 5.56 Å². The molecule has 0 aliphatic heterocycles. The Morgan fingerprint density at radius 1 is 1.03 bits per heavy atom. The molecule has 0 saturated carbocycles. The summed E-state index contributed by atoms with van der Waals surface area (Å²) in [6.07, 6.45) is 0.654. The largest absolute Gasteiger partial charge is 0.497 e. The molecule has 1 N–H and O–H groups in total. The maximum absolute atomic E-state index is 12.6. The van der Waals surface area contributed by atoms with Gasteiger partial charge in [-0.05, 0) is 55.3 Å². The number of para-hydroxylation sites is 2. The van der Waals surface area contributed by atoms with Crippen molar-refractivity contribution in [1.82, 2.24) is 14.9 Å². The molecule has 0 bridgehead atoms. The van der Waals surface area contributed by atoms with E-state index in [0.717, 1.165) is 39.3 Å². The van der Waals surface area contributed by atoms with Crippen LogP contribution in [0.2, 0.25) is 0 Å². The number of imidazole rings is 1. The Balaban J connectivity index is 1.51. The molecule has 0 spiro atoms. The molecule has 4 rings (SSSR count). The highest BCUT2D eigenvalue weighted by Gasteiger charge is 2.13. The summed E-state index contributed by atoms with van der Waals surface area (Å²) in [6.45, 7) is 5.24. The summed E-state index contributed by atoms with van der Waals surface area (Å²) < 4.78 is 7.49. The number of benzene rings is 3. The van der Waals surface area contributed by atoms with Gasteiger partial charge in [0.1, 0.15) is 11.6 Å². The number of hydrogen-bond donors (Lipinski definition) is 1. The second-order valence-electron chi connectivity index (χ2n) is 7.78. The van der Waals surface area contributed by atoms with Crippen LogP contribution >= 0.6 is 0 Å². The number of aryl methyl sites for hydroxylation is 2. The van der Waals surface area contributed by atoms with Crippen LogP contribution in [0.15, 0.2) is 66.7 Å². The van der Waals surface area contributed by atoms with Crippen LogP contribution < -0.4 is 10.1 Å². The van der Waals surface area contributed by atoms with E-state index >= 15 is 0 Å². The molecule has 3 aromatic carbocycles. The van der Waals surface area contributed by atoms with E-state index < -0.39 is 0 Å². The molecule has 0 aliphatic carbocycles. The van der Waals surface area contributed by atoms with Crippen molar-refractivity contribution >= 4 is 16.9 Å². The third kappa shape index (κ3) is 4.61. The Labute approximate surface area is 182 Å². The van der Waals surface area contributed by atoms with Crippen LogP contribution in [-0.2, 0) is 13.0 Å². The van der Waals surface area contributed by atoms with Crippen molar-refractivity contribution in [3.63, 3.8) is 0 Å². The van der Waals surface area contributed by atoms with Crippen molar-refractivity contribution in [2.24, 2.45) is 0 Å². The predicted molar refractivity (Wildman–Crippen MR) is 124 cm³/mol. The molecule has 0 radical (unpaired) electrons. The van der Waals surface area contributed by atoms with Crippen molar-refractivity contribution in [1.29, 1.82) is 0 Å². The standard InChI is InChI=1S/C26H27N3O2/c1-18-8-13-22(19(2)16-18)26(30)27-15-14-25-28-23-6-4-5-7-24(23)29(25)17-20-9-11-21(31-3)12-10-20/h4-13,16H,14-15,17H2,1-3H3,(H,27,30). The molecule has 0 fully saturated rings. The molecule has 0 unspecified atom stereocenters. The Morgan fingerprint density at radius 3 is 2.55 bits per heavy atom. The zero-order chi connectivity index (χ0) is 21.8. The number of methoxy groups -OCH3 is 1. The summed E-state index contributed by atoms with van der Waals surface area (Å²) in [5.74, 6) is 1.75. The minimum atomic E-state index is -0.0460. The number of nitrogens with zero attached hydrogens (tertiary/aromatic N) is 2. The van der Waals surface area contributed by atoms with Crippen molar-refractivity contribution in [3.8, 4) is 5.75 Å². The maximum Gasteiger partial charge on any atom is 0.251 e. The number of rotatable bonds is 7. The molecule has 1 heterocycles. The Bertz CT molecular complexity index is 1210. The summed E-state index contributed by atoms with van der Waals surface area (Å²) in [4.78, 5) is 17.5. The van der Waals surface area contributed by atoms with Gasteiger partial charge in [0, 0.05) is 25.1 Å². The van der Waals surface area contributed by atoms with Gasteiger partial charge in [-0.3, -0.25) is 4.79 Å². The van der Waals surface area contributed by atoms with Crippen LogP contribution in [0.3, 0.4) is 0 Å². The molecule has 0 saturated heterocycles. The average molecular weight is 414 g/mol. The number of nitrogens with one attached hydrogen (secondary N) is 1. The van der Waals surface area contributed by atoms with Crippen molar-refractivity contribution < 1.29 is 9.53 Å². The summed E-state index contributed by atoms with van der Waals surface area (Å²) in [6, 6.07) is 22.1. The minimum absolute atomic E-state index is 0.0460. The van der Waals surface area contributed by atoms with Crippen LogP contribution in [0.25, 0.3) is 11.0 Å². The Hall–Kier alpha value is -3.60. The Morgan fingerprint density at radius 2 is 1.81 bits per heavy atom. The van der Waals surface area contributed by atoms with Gasteiger partial charge in [-0.25, -0.2) is 4.98 Å². The van der Waals surface area contributed by atoms with Crippen LogP contribution in [0.1, 0.15) is 32.9 Å². The smallest absolute Gasteiger partial charge is 0.251 e. The summed E-state index contributed by atoms with van der Waals surface area (Å²) in [7, 11) is 1.67.